The van der Waals surface area contributed by atoms with Crippen LogP contribution in [0.25, 0.3) is 0 Å². The van der Waals surface area contributed by atoms with Gasteiger partial charge in [-0.3, -0.25) is 0 Å². The first kappa shape index (κ1) is 4.44. The molecule has 42 valence electrons. The molecule has 0 saturated heterocycles. The molecule has 2 aliphatic rings. The molecule has 2 atom stereocenters. The molecule has 2 nitrogen and oxygen atoms in total. The van der Waals surface area contributed by atoms with Gasteiger partial charge in [0.25, 0.3) is 0 Å². The van der Waals surface area contributed by atoms with Crippen molar-refractivity contribution in [3.63, 3.8) is 0 Å². The summed E-state index contributed by atoms with van der Waals surface area (Å²) >= 11 is 1.82. The number of hydrogen-bond acceptors (Lipinski definition) is 3. The second-order valence-corrected chi connectivity index (χ2v) is 2.95. The Balaban J connectivity index is 2.20. The molecule has 2 heterocycles. The first-order chi connectivity index (χ1) is 3.97. The number of hydrazone groups is 1. The van der Waals surface area contributed by atoms with E-state index < -0.39 is 0 Å². The van der Waals surface area contributed by atoms with Crippen LogP contribution in [0.1, 0.15) is 0 Å². The molecule has 0 saturated carbocycles. The predicted octanol–water partition coefficient (Wildman–Crippen LogP) is 0.573. The highest BCUT2D eigenvalue weighted by Gasteiger charge is 2.24. The second kappa shape index (κ2) is 1.52. The van der Waals surface area contributed by atoms with Crippen LogP contribution in [0.3, 0.4) is 0 Å². The number of thioether (sulfide) groups is 1. The van der Waals surface area contributed by atoms with Crippen molar-refractivity contribution in [3.05, 3.63) is 11.5 Å². The number of nitrogens with zero attached hydrogens (tertiary/aromatic N) is 1. The van der Waals surface area contributed by atoms with Crippen molar-refractivity contribution in [3.8, 4) is 0 Å². The molecular weight excluding hydrogens is 120 g/mol. The van der Waals surface area contributed by atoms with Crippen LogP contribution >= 0.6 is 11.8 Å². The third-order valence-electron chi connectivity index (χ3n) is 1.32. The lowest BCUT2D eigenvalue weighted by molar-refractivity contribution is 0.705. The number of nitrogens with one attached hydrogen (secondary N) is 1. The summed E-state index contributed by atoms with van der Waals surface area (Å²) in [4.78, 5) is 0. The fourth-order valence-corrected chi connectivity index (χ4v) is 1.76. The molecule has 2 rings (SSSR count). The van der Waals surface area contributed by atoms with Gasteiger partial charge in [0, 0.05) is 6.21 Å². The Morgan fingerprint density at radius 2 is 2.62 bits per heavy atom. The zero-order valence-electron chi connectivity index (χ0n) is 4.24. The molecule has 2 unspecified atom stereocenters. The average molecular weight is 126 g/mol. The fraction of sp³-hybridized carbons (Fsp3) is 0.400. The maximum absolute atomic E-state index is 3.92. The standard InChI is InChI=1S/C5H6N2S/c1-2-8-5-3-6-7-4(1)5/h1-5,7H. The molecule has 0 spiro atoms. The van der Waals surface area contributed by atoms with Crippen molar-refractivity contribution >= 4 is 18.0 Å². The van der Waals surface area contributed by atoms with Gasteiger partial charge in [0.05, 0.1) is 11.3 Å². The molecule has 0 aliphatic carbocycles. The van der Waals surface area contributed by atoms with Crippen LogP contribution in [0.5, 0.6) is 0 Å². The van der Waals surface area contributed by atoms with E-state index in [4.69, 9.17) is 0 Å². The van der Waals surface area contributed by atoms with Crippen LogP contribution in [0.2, 0.25) is 0 Å². The Bertz CT molecular complexity index is 135. The van der Waals surface area contributed by atoms with Crippen molar-refractivity contribution in [2.45, 2.75) is 11.3 Å². The van der Waals surface area contributed by atoms with E-state index in [0.717, 1.165) is 0 Å². The van der Waals surface area contributed by atoms with Crippen LogP contribution in [0, 0.1) is 0 Å². The predicted molar refractivity (Wildman–Crippen MR) is 35.9 cm³/mol. The van der Waals surface area contributed by atoms with Gasteiger partial charge in [0.15, 0.2) is 0 Å². The summed E-state index contributed by atoms with van der Waals surface area (Å²) in [5.41, 5.74) is 2.98. The summed E-state index contributed by atoms with van der Waals surface area (Å²) in [6.45, 7) is 0. The van der Waals surface area contributed by atoms with E-state index in [9.17, 15) is 0 Å². The number of hydrogen-bond donors (Lipinski definition) is 1. The van der Waals surface area contributed by atoms with Crippen molar-refractivity contribution < 1.29 is 0 Å². The summed E-state index contributed by atoms with van der Waals surface area (Å²) < 4.78 is 0. The van der Waals surface area contributed by atoms with Gasteiger partial charge >= 0.3 is 0 Å². The molecule has 0 bridgehead atoms. The second-order valence-electron chi connectivity index (χ2n) is 1.86. The van der Waals surface area contributed by atoms with Gasteiger partial charge in [0.2, 0.25) is 0 Å². The SMILES string of the molecule is C1=CC2NN=CC2S1. The van der Waals surface area contributed by atoms with E-state index in [2.05, 4.69) is 22.0 Å². The minimum absolute atomic E-state index is 0.486. The number of rotatable bonds is 0. The van der Waals surface area contributed by atoms with Crippen molar-refractivity contribution in [2.75, 3.05) is 0 Å². The molecule has 2 aliphatic heterocycles. The Morgan fingerprint density at radius 3 is 3.50 bits per heavy atom. The zero-order chi connectivity index (χ0) is 5.40. The van der Waals surface area contributed by atoms with Crippen LogP contribution in [-0.4, -0.2) is 17.5 Å². The number of fused-ring (bicyclic) bond motifs is 1. The Kier molecular flexibility index (Phi) is 0.842. The molecule has 0 amide bonds. The van der Waals surface area contributed by atoms with Gasteiger partial charge in [-0.15, -0.1) is 11.8 Å². The largest absolute Gasteiger partial charge is 0.302 e. The highest BCUT2D eigenvalue weighted by molar-refractivity contribution is 8.03. The third-order valence-corrected chi connectivity index (χ3v) is 2.36. The Morgan fingerprint density at radius 1 is 1.62 bits per heavy atom. The highest BCUT2D eigenvalue weighted by Crippen LogP contribution is 2.25. The first-order valence-electron chi connectivity index (χ1n) is 2.58. The van der Waals surface area contributed by atoms with Crippen LogP contribution in [0.4, 0.5) is 0 Å². The van der Waals surface area contributed by atoms with Crippen LogP contribution in [-0.2, 0) is 0 Å². The van der Waals surface area contributed by atoms with Crippen LogP contribution in [0.15, 0.2) is 16.6 Å². The lowest BCUT2D eigenvalue weighted by Crippen LogP contribution is -2.23. The molecule has 1 N–H and O–H groups in total. The summed E-state index contributed by atoms with van der Waals surface area (Å²) in [5.74, 6) is 0. The quantitative estimate of drug-likeness (QED) is 0.513. The molecule has 8 heavy (non-hydrogen) atoms. The molecule has 0 radical (unpaired) electrons. The maximum Gasteiger partial charge on any atom is 0.0800 e. The van der Waals surface area contributed by atoms with E-state index in [1.807, 2.05) is 18.0 Å². The third kappa shape index (κ3) is 0.478. The molecule has 0 fully saturated rings. The van der Waals surface area contributed by atoms with Gasteiger partial charge in [0.1, 0.15) is 0 Å². The van der Waals surface area contributed by atoms with Gasteiger partial charge in [-0.05, 0) is 5.41 Å². The minimum atomic E-state index is 0.486. The lowest BCUT2D eigenvalue weighted by Gasteiger charge is -2.02. The summed E-state index contributed by atoms with van der Waals surface area (Å²) in [5, 5.41) is 6.62. The first-order valence-corrected chi connectivity index (χ1v) is 3.52. The van der Waals surface area contributed by atoms with Crippen molar-refractivity contribution in [1.82, 2.24) is 5.43 Å². The van der Waals surface area contributed by atoms with Gasteiger partial charge < -0.3 is 5.43 Å². The summed E-state index contributed by atoms with van der Waals surface area (Å²) in [6.07, 6.45) is 4.09. The Hall–Kier alpha value is -0.440. The van der Waals surface area contributed by atoms with Crippen molar-refractivity contribution in [2.24, 2.45) is 5.10 Å². The molecule has 0 aromatic heterocycles. The topological polar surface area (TPSA) is 24.4 Å². The molecule has 0 aromatic carbocycles. The summed E-state index contributed by atoms with van der Waals surface area (Å²) in [6, 6.07) is 0.486. The van der Waals surface area contributed by atoms with E-state index in [0.29, 0.717) is 11.3 Å². The van der Waals surface area contributed by atoms with E-state index in [1.54, 1.807) is 0 Å². The smallest absolute Gasteiger partial charge is 0.0800 e. The van der Waals surface area contributed by atoms with Crippen molar-refractivity contribution in [1.29, 1.82) is 0 Å². The zero-order valence-corrected chi connectivity index (χ0v) is 5.06. The molecule has 0 aromatic rings. The molecule has 3 heteroatoms. The molecular formula is C5H6N2S. The average Bonchev–Trinajstić information content (AvgIpc) is 2.15. The minimum Gasteiger partial charge on any atom is -0.302 e. The maximum atomic E-state index is 3.92. The Labute approximate surface area is 52.0 Å². The van der Waals surface area contributed by atoms with E-state index in [1.165, 1.54) is 0 Å². The fourth-order valence-electron chi connectivity index (χ4n) is 0.862. The van der Waals surface area contributed by atoms with Gasteiger partial charge in [-0.2, -0.15) is 5.10 Å². The van der Waals surface area contributed by atoms with E-state index >= 15 is 0 Å². The lowest BCUT2D eigenvalue weighted by atomic mass is 10.2. The van der Waals surface area contributed by atoms with E-state index in [-0.39, 0.29) is 0 Å². The van der Waals surface area contributed by atoms with Gasteiger partial charge in [-0.25, -0.2) is 0 Å². The van der Waals surface area contributed by atoms with Crippen LogP contribution < -0.4 is 5.43 Å². The highest BCUT2D eigenvalue weighted by atomic mass is 32.2. The monoisotopic (exact) mass is 126 g/mol. The normalized spacial score (nSPS) is 40.0. The van der Waals surface area contributed by atoms with Gasteiger partial charge in [-0.1, -0.05) is 6.08 Å². The summed E-state index contributed by atoms with van der Waals surface area (Å²) in [7, 11) is 0.